The van der Waals surface area contributed by atoms with Crippen LogP contribution in [0.2, 0.25) is 0 Å². The Hall–Kier alpha value is -1.19. The van der Waals surface area contributed by atoms with E-state index in [1.54, 1.807) is 18.2 Å². The van der Waals surface area contributed by atoms with Crippen LogP contribution in [0, 0.1) is 5.92 Å². The van der Waals surface area contributed by atoms with Crippen molar-refractivity contribution >= 4 is 29.9 Å². The molecule has 24 heavy (non-hydrogen) atoms. The van der Waals surface area contributed by atoms with E-state index in [9.17, 15) is 13.2 Å². The summed E-state index contributed by atoms with van der Waals surface area (Å²) in [5, 5.41) is 6.34. The van der Waals surface area contributed by atoms with Crippen LogP contribution in [0.3, 0.4) is 0 Å². The molecular formula is C16H25F3IN3O. The van der Waals surface area contributed by atoms with Crippen molar-refractivity contribution in [1.29, 1.82) is 0 Å². The Morgan fingerprint density at radius 3 is 2.54 bits per heavy atom. The number of halogens is 4. The summed E-state index contributed by atoms with van der Waals surface area (Å²) >= 11 is 0. The number of ether oxygens (including phenoxy) is 1. The average Bonchev–Trinajstić information content (AvgIpc) is 2.47. The molecule has 0 radical (unpaired) electrons. The summed E-state index contributed by atoms with van der Waals surface area (Å²) in [4.78, 5) is 4.42. The van der Waals surface area contributed by atoms with E-state index >= 15 is 0 Å². The zero-order chi connectivity index (χ0) is 17.3. The fraction of sp³-hybridized carbons (Fsp3) is 0.562. The van der Waals surface area contributed by atoms with Crippen LogP contribution in [0.4, 0.5) is 13.2 Å². The maximum absolute atomic E-state index is 12.2. The van der Waals surface area contributed by atoms with Crippen molar-refractivity contribution in [3.8, 4) is 5.75 Å². The maximum Gasteiger partial charge on any atom is 0.422 e. The van der Waals surface area contributed by atoms with Gasteiger partial charge in [0, 0.05) is 13.1 Å². The largest absolute Gasteiger partial charge is 0.484 e. The highest BCUT2D eigenvalue weighted by Crippen LogP contribution is 2.19. The molecular weight excluding hydrogens is 434 g/mol. The summed E-state index contributed by atoms with van der Waals surface area (Å²) in [5.74, 6) is 1.36. The monoisotopic (exact) mass is 459 g/mol. The van der Waals surface area contributed by atoms with Gasteiger partial charge in [-0.2, -0.15) is 13.2 Å². The molecule has 0 saturated carbocycles. The molecule has 2 N–H and O–H groups in total. The lowest BCUT2D eigenvalue weighted by atomic mass is 10.2. The van der Waals surface area contributed by atoms with Gasteiger partial charge in [0.15, 0.2) is 12.6 Å². The molecule has 0 amide bonds. The molecule has 0 spiro atoms. The van der Waals surface area contributed by atoms with Crippen LogP contribution in [-0.2, 0) is 6.54 Å². The van der Waals surface area contributed by atoms with E-state index < -0.39 is 12.8 Å². The second-order valence-electron chi connectivity index (χ2n) is 5.52. The Kier molecular flexibility index (Phi) is 10.8. The van der Waals surface area contributed by atoms with E-state index in [0.29, 0.717) is 18.4 Å². The summed E-state index contributed by atoms with van der Waals surface area (Å²) in [6.07, 6.45) is -4.34. The predicted molar refractivity (Wildman–Crippen MR) is 101 cm³/mol. The third-order valence-electron chi connectivity index (χ3n) is 2.74. The van der Waals surface area contributed by atoms with E-state index in [2.05, 4.69) is 29.5 Å². The number of rotatable bonds is 7. The quantitative estimate of drug-likeness (QED) is 0.369. The molecule has 138 valence electrons. The Morgan fingerprint density at radius 2 is 1.96 bits per heavy atom. The van der Waals surface area contributed by atoms with Crippen molar-refractivity contribution in [2.75, 3.05) is 19.7 Å². The Balaban J connectivity index is 0.00000529. The van der Waals surface area contributed by atoms with Crippen molar-refractivity contribution in [3.63, 3.8) is 0 Å². The standard InChI is InChI=1S/C16H24F3N3O.HI/c1-4-20-15(21-9-12(2)3)22-10-13-6-5-7-14(8-13)23-11-16(17,18)19;/h5-8,12H,4,9-11H2,1-3H3,(H2,20,21,22);1H. The van der Waals surface area contributed by atoms with E-state index in [0.717, 1.165) is 18.7 Å². The highest BCUT2D eigenvalue weighted by Gasteiger charge is 2.28. The van der Waals surface area contributed by atoms with Gasteiger partial charge in [0.1, 0.15) is 5.75 Å². The first-order chi connectivity index (χ1) is 10.8. The summed E-state index contributed by atoms with van der Waals surface area (Å²) in [6.45, 7) is 6.75. The van der Waals surface area contributed by atoms with Crippen LogP contribution in [0.1, 0.15) is 26.3 Å². The molecule has 0 fully saturated rings. The minimum absolute atomic E-state index is 0. The first-order valence-corrected chi connectivity index (χ1v) is 7.61. The lowest BCUT2D eigenvalue weighted by molar-refractivity contribution is -0.153. The first-order valence-electron chi connectivity index (χ1n) is 7.61. The zero-order valence-electron chi connectivity index (χ0n) is 14.1. The van der Waals surface area contributed by atoms with E-state index in [1.807, 2.05) is 6.92 Å². The zero-order valence-corrected chi connectivity index (χ0v) is 16.4. The average molecular weight is 459 g/mol. The lowest BCUT2D eigenvalue weighted by Crippen LogP contribution is -2.39. The van der Waals surface area contributed by atoms with Gasteiger partial charge in [-0.25, -0.2) is 4.99 Å². The van der Waals surface area contributed by atoms with Crippen molar-refractivity contribution in [2.45, 2.75) is 33.5 Å². The molecule has 1 aromatic rings. The number of hydrogen-bond acceptors (Lipinski definition) is 2. The van der Waals surface area contributed by atoms with Gasteiger partial charge in [-0.15, -0.1) is 24.0 Å². The van der Waals surface area contributed by atoms with Crippen LogP contribution < -0.4 is 15.4 Å². The van der Waals surface area contributed by atoms with Gasteiger partial charge in [0.2, 0.25) is 0 Å². The molecule has 0 atom stereocenters. The van der Waals surface area contributed by atoms with Crippen molar-refractivity contribution in [2.24, 2.45) is 10.9 Å². The summed E-state index contributed by atoms with van der Waals surface area (Å²) in [6, 6.07) is 6.53. The number of guanidine groups is 1. The highest BCUT2D eigenvalue weighted by molar-refractivity contribution is 14.0. The van der Waals surface area contributed by atoms with Crippen LogP contribution in [0.5, 0.6) is 5.75 Å². The van der Waals surface area contributed by atoms with Crippen molar-refractivity contribution in [1.82, 2.24) is 10.6 Å². The van der Waals surface area contributed by atoms with Gasteiger partial charge in [-0.05, 0) is 30.5 Å². The highest BCUT2D eigenvalue weighted by atomic mass is 127. The number of nitrogens with one attached hydrogen (secondary N) is 2. The molecule has 8 heteroatoms. The molecule has 0 heterocycles. The van der Waals surface area contributed by atoms with E-state index in [1.165, 1.54) is 6.07 Å². The van der Waals surface area contributed by atoms with Crippen molar-refractivity contribution < 1.29 is 17.9 Å². The molecule has 0 aromatic heterocycles. The van der Waals surface area contributed by atoms with Crippen molar-refractivity contribution in [3.05, 3.63) is 29.8 Å². The fourth-order valence-corrected chi connectivity index (χ4v) is 1.71. The molecule has 1 aromatic carbocycles. The van der Waals surface area contributed by atoms with Crippen LogP contribution in [0.15, 0.2) is 29.3 Å². The second kappa shape index (κ2) is 11.4. The Labute approximate surface area is 158 Å². The molecule has 0 unspecified atom stereocenters. The minimum atomic E-state index is -4.34. The normalized spacial score (nSPS) is 11.9. The predicted octanol–water partition coefficient (Wildman–Crippen LogP) is 3.96. The lowest BCUT2D eigenvalue weighted by Gasteiger charge is -2.13. The molecule has 0 aliphatic carbocycles. The maximum atomic E-state index is 12.2. The third kappa shape index (κ3) is 10.6. The number of alkyl halides is 3. The van der Waals surface area contributed by atoms with E-state index in [4.69, 9.17) is 4.74 Å². The molecule has 0 saturated heterocycles. The van der Waals surface area contributed by atoms with Crippen LogP contribution >= 0.6 is 24.0 Å². The summed E-state index contributed by atoms with van der Waals surface area (Å²) in [5.41, 5.74) is 0.784. The second-order valence-corrected chi connectivity index (χ2v) is 5.52. The third-order valence-corrected chi connectivity index (χ3v) is 2.74. The topological polar surface area (TPSA) is 45.7 Å². The summed E-state index contributed by atoms with van der Waals surface area (Å²) in [7, 11) is 0. The first kappa shape index (κ1) is 22.8. The van der Waals surface area contributed by atoms with Crippen LogP contribution in [0.25, 0.3) is 0 Å². The van der Waals surface area contributed by atoms with Crippen LogP contribution in [-0.4, -0.2) is 31.8 Å². The number of hydrogen-bond donors (Lipinski definition) is 2. The SMILES string of the molecule is CCNC(=NCc1cccc(OCC(F)(F)F)c1)NCC(C)C.I. The fourth-order valence-electron chi connectivity index (χ4n) is 1.71. The smallest absolute Gasteiger partial charge is 0.422 e. The number of nitrogens with zero attached hydrogens (tertiary/aromatic N) is 1. The Bertz CT molecular complexity index is 508. The molecule has 0 bridgehead atoms. The van der Waals surface area contributed by atoms with Gasteiger partial charge < -0.3 is 15.4 Å². The number of benzene rings is 1. The molecule has 1 rings (SSSR count). The van der Waals surface area contributed by atoms with Gasteiger partial charge >= 0.3 is 6.18 Å². The van der Waals surface area contributed by atoms with Gasteiger partial charge in [-0.3, -0.25) is 0 Å². The minimum Gasteiger partial charge on any atom is -0.484 e. The molecule has 0 aliphatic heterocycles. The Morgan fingerprint density at radius 1 is 1.25 bits per heavy atom. The van der Waals surface area contributed by atoms with Gasteiger partial charge in [0.25, 0.3) is 0 Å². The van der Waals surface area contributed by atoms with Gasteiger partial charge in [0.05, 0.1) is 6.54 Å². The summed E-state index contributed by atoms with van der Waals surface area (Å²) < 4.78 is 41.2. The molecule has 4 nitrogen and oxygen atoms in total. The van der Waals surface area contributed by atoms with E-state index in [-0.39, 0.29) is 29.7 Å². The number of aliphatic imine (C=N–C) groups is 1. The molecule has 0 aliphatic rings. The van der Waals surface area contributed by atoms with Gasteiger partial charge in [-0.1, -0.05) is 26.0 Å².